The van der Waals surface area contributed by atoms with E-state index >= 15 is 0 Å². The van der Waals surface area contributed by atoms with Gasteiger partial charge in [-0.2, -0.15) is 0 Å². The second kappa shape index (κ2) is 8.22. The van der Waals surface area contributed by atoms with E-state index < -0.39 is 5.25 Å². The lowest BCUT2D eigenvalue weighted by molar-refractivity contribution is -0.127. The maximum absolute atomic E-state index is 13.0. The van der Waals surface area contributed by atoms with Crippen LogP contribution in [-0.2, 0) is 17.8 Å². The molecule has 1 aliphatic rings. The molecule has 0 saturated carbocycles. The van der Waals surface area contributed by atoms with Gasteiger partial charge in [-0.3, -0.25) is 14.5 Å². The number of hydrogen-bond donors (Lipinski definition) is 0. The molecule has 4 nitrogen and oxygen atoms in total. The molecule has 0 bridgehead atoms. The van der Waals surface area contributed by atoms with Crippen molar-refractivity contribution < 1.29 is 18.7 Å². The lowest BCUT2D eigenvalue weighted by Crippen LogP contribution is -2.31. The number of imide groups is 1. The molecule has 0 aromatic heterocycles. The Kier molecular flexibility index (Phi) is 5.98. The molecule has 0 spiro atoms. The molecule has 1 saturated heterocycles. The maximum Gasteiger partial charge on any atom is 0.289 e. The van der Waals surface area contributed by atoms with Crippen LogP contribution in [0.1, 0.15) is 18.1 Å². The van der Waals surface area contributed by atoms with Crippen molar-refractivity contribution in [2.45, 2.75) is 25.1 Å². The summed E-state index contributed by atoms with van der Waals surface area (Å²) in [5, 5.41) is -0.770. The Hall–Kier alpha value is -1.86. The highest BCUT2D eigenvalue weighted by molar-refractivity contribution is 9.10. The molecule has 136 valence electrons. The monoisotopic (exact) mass is 437 g/mol. The van der Waals surface area contributed by atoms with Crippen LogP contribution in [0.4, 0.5) is 9.18 Å². The molecule has 1 aliphatic heterocycles. The summed E-state index contributed by atoms with van der Waals surface area (Å²) >= 11 is 4.45. The molecule has 0 radical (unpaired) electrons. The maximum atomic E-state index is 13.0. The number of ether oxygens (including phenoxy) is 1. The van der Waals surface area contributed by atoms with Crippen LogP contribution in [0.15, 0.2) is 46.9 Å². The predicted octanol–water partition coefficient (Wildman–Crippen LogP) is 4.79. The van der Waals surface area contributed by atoms with Gasteiger partial charge in [0.1, 0.15) is 11.6 Å². The molecule has 0 aliphatic carbocycles. The van der Waals surface area contributed by atoms with E-state index in [-0.39, 0.29) is 23.5 Å². The smallest absolute Gasteiger partial charge is 0.289 e. The van der Waals surface area contributed by atoms with Gasteiger partial charge in [-0.15, -0.1) is 0 Å². The fourth-order valence-electron chi connectivity index (χ4n) is 2.75. The highest BCUT2D eigenvalue weighted by Crippen LogP contribution is 2.34. The zero-order chi connectivity index (χ0) is 18.7. The summed E-state index contributed by atoms with van der Waals surface area (Å²) < 4.78 is 19.5. The Morgan fingerprint density at radius 3 is 2.62 bits per heavy atom. The van der Waals surface area contributed by atoms with Crippen LogP contribution in [0.25, 0.3) is 0 Å². The highest BCUT2D eigenvalue weighted by Gasteiger charge is 2.39. The number of thioether (sulfide) groups is 1. The first kappa shape index (κ1) is 18.9. The zero-order valence-corrected chi connectivity index (χ0v) is 16.5. The van der Waals surface area contributed by atoms with Crippen molar-refractivity contribution in [3.05, 3.63) is 63.9 Å². The van der Waals surface area contributed by atoms with Gasteiger partial charge in [-0.1, -0.05) is 39.8 Å². The number of halogens is 2. The molecule has 1 heterocycles. The van der Waals surface area contributed by atoms with E-state index in [1.54, 1.807) is 12.1 Å². The van der Waals surface area contributed by atoms with Crippen LogP contribution in [0.2, 0.25) is 0 Å². The molecule has 2 aromatic carbocycles. The van der Waals surface area contributed by atoms with E-state index in [0.717, 1.165) is 21.8 Å². The number of rotatable bonds is 6. The van der Waals surface area contributed by atoms with Crippen molar-refractivity contribution in [2.75, 3.05) is 6.61 Å². The van der Waals surface area contributed by atoms with Crippen molar-refractivity contribution in [3.8, 4) is 5.75 Å². The molecule has 0 N–H and O–H groups in total. The third-order valence-electron chi connectivity index (χ3n) is 3.99. The molecule has 1 atom stereocenters. The average molecular weight is 438 g/mol. The first-order valence-corrected chi connectivity index (χ1v) is 9.83. The summed E-state index contributed by atoms with van der Waals surface area (Å²) in [6.07, 6.45) is 0.407. The lowest BCUT2D eigenvalue weighted by atomic mass is 10.1. The lowest BCUT2D eigenvalue weighted by Gasteiger charge is -2.15. The fourth-order valence-corrected chi connectivity index (χ4v) is 4.17. The predicted molar refractivity (Wildman–Crippen MR) is 103 cm³/mol. The van der Waals surface area contributed by atoms with E-state index in [1.807, 2.05) is 25.1 Å². The summed E-state index contributed by atoms with van der Waals surface area (Å²) in [5.41, 5.74) is 1.59. The minimum absolute atomic E-state index is 0.151. The molecule has 2 aromatic rings. The van der Waals surface area contributed by atoms with Crippen LogP contribution < -0.4 is 4.74 Å². The molecular formula is C19H17BrFNO3S. The van der Waals surface area contributed by atoms with Crippen LogP contribution >= 0.6 is 27.7 Å². The van der Waals surface area contributed by atoms with E-state index in [0.29, 0.717) is 24.3 Å². The largest absolute Gasteiger partial charge is 0.494 e. The number of benzene rings is 2. The first-order chi connectivity index (χ1) is 12.5. The van der Waals surface area contributed by atoms with Gasteiger partial charge in [0.2, 0.25) is 5.91 Å². The second-order valence-corrected chi connectivity index (χ2v) is 7.88. The summed E-state index contributed by atoms with van der Waals surface area (Å²) in [4.78, 5) is 26.2. The van der Waals surface area contributed by atoms with Crippen molar-refractivity contribution in [1.82, 2.24) is 4.90 Å². The topological polar surface area (TPSA) is 46.6 Å². The highest BCUT2D eigenvalue weighted by atomic mass is 79.9. The minimum Gasteiger partial charge on any atom is -0.494 e. The number of nitrogens with zero attached hydrogens (tertiary/aromatic N) is 1. The fraction of sp³-hybridized carbons (Fsp3) is 0.263. The number of amides is 2. The molecule has 3 rings (SSSR count). The van der Waals surface area contributed by atoms with Crippen LogP contribution in [0, 0.1) is 5.82 Å². The normalized spacial score (nSPS) is 17.0. The van der Waals surface area contributed by atoms with E-state index in [1.165, 1.54) is 17.0 Å². The van der Waals surface area contributed by atoms with E-state index in [9.17, 15) is 14.0 Å². The Morgan fingerprint density at radius 2 is 1.92 bits per heavy atom. The SMILES string of the molecule is CCOc1ccc(Br)cc1C[C@@H]1SC(=O)N(Cc2ccc(F)cc2)C1=O. The van der Waals surface area contributed by atoms with Crippen LogP contribution in [0.5, 0.6) is 5.75 Å². The first-order valence-electron chi connectivity index (χ1n) is 8.15. The minimum atomic E-state index is -0.489. The molecule has 7 heteroatoms. The third kappa shape index (κ3) is 4.27. The zero-order valence-electron chi connectivity index (χ0n) is 14.1. The molecule has 2 amide bonds. The second-order valence-electron chi connectivity index (χ2n) is 5.81. The van der Waals surface area contributed by atoms with Gasteiger partial charge in [-0.05, 0) is 54.8 Å². The van der Waals surface area contributed by atoms with Crippen molar-refractivity contribution in [1.29, 1.82) is 0 Å². The van der Waals surface area contributed by atoms with Gasteiger partial charge >= 0.3 is 0 Å². The summed E-state index contributed by atoms with van der Waals surface area (Å²) in [6.45, 7) is 2.57. The Balaban J connectivity index is 1.75. The number of carbonyl (C=O) groups excluding carboxylic acids is 2. The third-order valence-corrected chi connectivity index (χ3v) is 5.55. The quantitative estimate of drug-likeness (QED) is 0.651. The molecule has 1 fully saturated rings. The van der Waals surface area contributed by atoms with Crippen LogP contribution in [-0.4, -0.2) is 27.9 Å². The van der Waals surface area contributed by atoms with Gasteiger partial charge in [0, 0.05) is 4.47 Å². The van der Waals surface area contributed by atoms with Crippen LogP contribution in [0.3, 0.4) is 0 Å². The van der Waals surface area contributed by atoms with Gasteiger partial charge < -0.3 is 4.74 Å². The number of carbonyl (C=O) groups is 2. The van der Waals surface area contributed by atoms with Gasteiger partial charge in [0.05, 0.1) is 18.4 Å². The Bertz CT molecular complexity index is 828. The Morgan fingerprint density at radius 1 is 1.19 bits per heavy atom. The summed E-state index contributed by atoms with van der Waals surface area (Å²) in [7, 11) is 0. The molecule has 26 heavy (non-hydrogen) atoms. The van der Waals surface area contributed by atoms with Gasteiger partial charge in [0.25, 0.3) is 5.24 Å². The summed E-state index contributed by atoms with van der Waals surface area (Å²) in [6, 6.07) is 11.4. The van der Waals surface area contributed by atoms with Crippen molar-refractivity contribution in [2.24, 2.45) is 0 Å². The van der Waals surface area contributed by atoms with Crippen molar-refractivity contribution >= 4 is 38.8 Å². The van der Waals surface area contributed by atoms with E-state index in [4.69, 9.17) is 4.74 Å². The average Bonchev–Trinajstić information content (AvgIpc) is 2.87. The standard InChI is InChI=1S/C19H17BrFNO3S/c1-2-25-16-8-5-14(20)9-13(16)10-17-18(23)22(19(24)26-17)11-12-3-6-15(21)7-4-12/h3-9,17H,2,10-11H2,1H3/t17-/m0/s1. The van der Waals surface area contributed by atoms with Crippen molar-refractivity contribution in [3.63, 3.8) is 0 Å². The molecular weight excluding hydrogens is 421 g/mol. The number of hydrogen-bond acceptors (Lipinski definition) is 4. The van der Waals surface area contributed by atoms with Gasteiger partial charge in [0.15, 0.2) is 0 Å². The van der Waals surface area contributed by atoms with Gasteiger partial charge in [-0.25, -0.2) is 4.39 Å². The van der Waals surface area contributed by atoms with E-state index in [2.05, 4.69) is 15.9 Å². The Labute approximate surface area is 163 Å². The molecule has 0 unspecified atom stereocenters. The summed E-state index contributed by atoms with van der Waals surface area (Å²) in [5.74, 6) is 0.137.